The average Bonchev–Trinajstić information content (AvgIpc) is 2.68. The fraction of sp³-hybridized carbons (Fsp3) is 0.130. The number of hydrogen-bond donors (Lipinski definition) is 2. The van der Waals surface area contributed by atoms with Crippen LogP contribution in [0.2, 0.25) is 0 Å². The molecule has 0 aromatic heterocycles. The van der Waals surface area contributed by atoms with Gasteiger partial charge < -0.3 is 10.4 Å². The summed E-state index contributed by atoms with van der Waals surface area (Å²) in [5.41, 5.74) is 3.41. The topological polar surface area (TPSA) is 66.4 Å². The van der Waals surface area contributed by atoms with Crippen LogP contribution in [0, 0.1) is 5.82 Å². The molecule has 0 heterocycles. The van der Waals surface area contributed by atoms with Crippen molar-refractivity contribution in [3.63, 3.8) is 0 Å². The number of hydrogen-bond acceptors (Lipinski definition) is 2. The van der Waals surface area contributed by atoms with Crippen molar-refractivity contribution >= 4 is 11.9 Å². The maximum absolute atomic E-state index is 13.2. The molecule has 3 aromatic carbocycles. The Balaban J connectivity index is 1.64. The lowest BCUT2D eigenvalue weighted by molar-refractivity contribution is -0.141. The normalized spacial score (nSPS) is 11.6. The van der Waals surface area contributed by atoms with E-state index in [4.69, 9.17) is 0 Å². The van der Waals surface area contributed by atoms with Crippen molar-refractivity contribution in [3.8, 4) is 11.1 Å². The first-order valence-corrected chi connectivity index (χ1v) is 8.92. The molecule has 0 bridgehead atoms. The summed E-state index contributed by atoms with van der Waals surface area (Å²) in [5, 5.41) is 12.0. The third-order valence-corrected chi connectivity index (χ3v) is 4.39. The van der Waals surface area contributed by atoms with E-state index in [0.29, 0.717) is 5.56 Å². The monoisotopic (exact) mass is 377 g/mol. The minimum atomic E-state index is -1.11. The zero-order chi connectivity index (χ0) is 19.9. The molecule has 5 heteroatoms. The number of rotatable bonds is 7. The molecule has 0 aliphatic carbocycles. The van der Waals surface area contributed by atoms with E-state index in [1.54, 1.807) is 6.07 Å². The molecule has 0 aliphatic rings. The molecule has 0 saturated carbocycles. The Kier molecular flexibility index (Phi) is 6.17. The molecule has 28 heavy (non-hydrogen) atoms. The van der Waals surface area contributed by atoms with Crippen LogP contribution < -0.4 is 5.32 Å². The fourth-order valence-electron chi connectivity index (χ4n) is 2.98. The van der Waals surface area contributed by atoms with Crippen LogP contribution in [0.25, 0.3) is 11.1 Å². The van der Waals surface area contributed by atoms with Gasteiger partial charge in [-0.1, -0.05) is 66.7 Å². The Morgan fingerprint density at radius 1 is 0.857 bits per heavy atom. The second-order valence-corrected chi connectivity index (χ2v) is 6.53. The second-order valence-electron chi connectivity index (χ2n) is 6.53. The number of carbonyl (C=O) groups excluding carboxylic acids is 1. The highest BCUT2D eigenvalue weighted by atomic mass is 19.1. The summed E-state index contributed by atoms with van der Waals surface area (Å²) in [6.07, 6.45) is 0.0911. The third-order valence-electron chi connectivity index (χ3n) is 4.39. The standard InChI is InChI=1S/C23H20FNO3/c24-20-8-4-5-17(13-20)15-22(26)25-21(23(27)28)14-16-9-11-19(12-10-16)18-6-2-1-3-7-18/h1-13,21H,14-15H2,(H,25,26)(H,27,28)/t21-/m1/s1. The van der Waals surface area contributed by atoms with Crippen LogP contribution in [0.15, 0.2) is 78.9 Å². The minimum absolute atomic E-state index is 0.0749. The molecule has 1 amide bonds. The summed E-state index contributed by atoms with van der Waals surface area (Å²) in [5.74, 6) is -2.00. The van der Waals surface area contributed by atoms with Crippen molar-refractivity contribution in [3.05, 3.63) is 95.8 Å². The molecular weight excluding hydrogens is 357 g/mol. The average molecular weight is 377 g/mol. The van der Waals surface area contributed by atoms with Crippen molar-refractivity contribution < 1.29 is 19.1 Å². The Bertz CT molecular complexity index is 955. The Morgan fingerprint density at radius 3 is 2.18 bits per heavy atom. The largest absolute Gasteiger partial charge is 0.480 e. The first kappa shape index (κ1) is 19.3. The SMILES string of the molecule is O=C(Cc1cccc(F)c1)N[C@H](Cc1ccc(-c2ccccc2)cc1)C(=O)O. The van der Waals surface area contributed by atoms with Crippen molar-refractivity contribution in [1.29, 1.82) is 0 Å². The van der Waals surface area contributed by atoms with E-state index in [1.165, 1.54) is 18.2 Å². The van der Waals surface area contributed by atoms with Gasteiger partial charge in [0.05, 0.1) is 6.42 Å². The zero-order valence-electron chi connectivity index (χ0n) is 15.1. The van der Waals surface area contributed by atoms with Gasteiger partial charge in [-0.3, -0.25) is 4.79 Å². The van der Waals surface area contributed by atoms with E-state index >= 15 is 0 Å². The number of carboxylic acids is 1. The van der Waals surface area contributed by atoms with Gasteiger partial charge in [0, 0.05) is 6.42 Å². The summed E-state index contributed by atoms with van der Waals surface area (Å²) in [7, 11) is 0. The van der Waals surface area contributed by atoms with E-state index in [9.17, 15) is 19.1 Å². The van der Waals surface area contributed by atoms with Gasteiger partial charge in [-0.15, -0.1) is 0 Å². The van der Waals surface area contributed by atoms with Crippen molar-refractivity contribution in [2.24, 2.45) is 0 Å². The van der Waals surface area contributed by atoms with Gasteiger partial charge in [-0.2, -0.15) is 0 Å². The second kappa shape index (κ2) is 8.95. The maximum Gasteiger partial charge on any atom is 0.326 e. The molecule has 1 atom stereocenters. The first-order valence-electron chi connectivity index (χ1n) is 8.92. The molecule has 0 radical (unpaired) electrons. The van der Waals surface area contributed by atoms with Crippen LogP contribution >= 0.6 is 0 Å². The summed E-state index contributed by atoms with van der Waals surface area (Å²) in [6.45, 7) is 0. The minimum Gasteiger partial charge on any atom is -0.480 e. The van der Waals surface area contributed by atoms with Gasteiger partial charge >= 0.3 is 5.97 Å². The number of benzene rings is 3. The predicted octanol–water partition coefficient (Wildman–Crippen LogP) is 3.85. The number of carbonyl (C=O) groups is 2. The lowest BCUT2D eigenvalue weighted by Gasteiger charge is -2.15. The van der Waals surface area contributed by atoms with Gasteiger partial charge in [0.2, 0.25) is 5.91 Å². The van der Waals surface area contributed by atoms with Gasteiger partial charge in [0.15, 0.2) is 0 Å². The van der Waals surface area contributed by atoms with Crippen molar-refractivity contribution in [1.82, 2.24) is 5.32 Å². The van der Waals surface area contributed by atoms with Gasteiger partial charge in [-0.25, -0.2) is 9.18 Å². The summed E-state index contributed by atoms with van der Waals surface area (Å²) < 4.78 is 13.2. The smallest absolute Gasteiger partial charge is 0.326 e. The molecule has 2 N–H and O–H groups in total. The van der Waals surface area contributed by atoms with E-state index in [2.05, 4.69) is 5.32 Å². The number of carboxylic acid groups (broad SMARTS) is 1. The summed E-state index contributed by atoms with van der Waals surface area (Å²) in [6, 6.07) is 22.1. The maximum atomic E-state index is 13.2. The highest BCUT2D eigenvalue weighted by Crippen LogP contribution is 2.19. The summed E-state index contributed by atoms with van der Waals surface area (Å²) >= 11 is 0. The van der Waals surface area contributed by atoms with E-state index in [1.807, 2.05) is 54.6 Å². The summed E-state index contributed by atoms with van der Waals surface area (Å²) in [4.78, 5) is 23.7. The quantitative estimate of drug-likeness (QED) is 0.657. The zero-order valence-corrected chi connectivity index (χ0v) is 15.1. The predicted molar refractivity (Wildman–Crippen MR) is 105 cm³/mol. The van der Waals surface area contributed by atoms with E-state index in [-0.39, 0.29) is 12.8 Å². The van der Waals surface area contributed by atoms with Crippen LogP contribution in [0.5, 0.6) is 0 Å². The molecular formula is C23H20FNO3. The molecule has 0 spiro atoms. The van der Waals surface area contributed by atoms with Gasteiger partial charge in [0.25, 0.3) is 0 Å². The third kappa shape index (κ3) is 5.27. The number of aliphatic carboxylic acids is 1. The van der Waals surface area contributed by atoms with Gasteiger partial charge in [-0.05, 0) is 34.4 Å². The lowest BCUT2D eigenvalue weighted by atomic mass is 10.0. The highest BCUT2D eigenvalue weighted by molar-refractivity contribution is 5.85. The first-order chi connectivity index (χ1) is 13.5. The molecule has 3 aromatic rings. The fourth-order valence-corrected chi connectivity index (χ4v) is 2.98. The molecule has 4 nitrogen and oxygen atoms in total. The molecule has 0 saturated heterocycles. The Hall–Kier alpha value is -3.47. The van der Waals surface area contributed by atoms with Crippen LogP contribution in [0.1, 0.15) is 11.1 Å². The Morgan fingerprint density at radius 2 is 1.54 bits per heavy atom. The molecule has 142 valence electrons. The number of amides is 1. The van der Waals surface area contributed by atoms with Gasteiger partial charge in [0.1, 0.15) is 11.9 Å². The van der Waals surface area contributed by atoms with Crippen LogP contribution in [0.3, 0.4) is 0 Å². The Labute approximate surface area is 162 Å². The van der Waals surface area contributed by atoms with Crippen LogP contribution in [0.4, 0.5) is 4.39 Å². The molecule has 0 aliphatic heterocycles. The number of nitrogens with one attached hydrogen (secondary N) is 1. The van der Waals surface area contributed by atoms with Crippen molar-refractivity contribution in [2.75, 3.05) is 0 Å². The van der Waals surface area contributed by atoms with E-state index in [0.717, 1.165) is 16.7 Å². The lowest BCUT2D eigenvalue weighted by Crippen LogP contribution is -2.43. The number of halogens is 1. The molecule has 3 rings (SSSR count). The molecule has 0 unspecified atom stereocenters. The highest BCUT2D eigenvalue weighted by Gasteiger charge is 2.20. The van der Waals surface area contributed by atoms with Crippen LogP contribution in [-0.2, 0) is 22.4 Å². The van der Waals surface area contributed by atoms with E-state index < -0.39 is 23.7 Å². The van der Waals surface area contributed by atoms with Crippen LogP contribution in [-0.4, -0.2) is 23.0 Å². The molecule has 0 fully saturated rings. The van der Waals surface area contributed by atoms with Crippen molar-refractivity contribution in [2.45, 2.75) is 18.9 Å².